The van der Waals surface area contributed by atoms with Crippen molar-refractivity contribution < 1.29 is 9.47 Å². The molecule has 0 aliphatic carbocycles. The minimum atomic E-state index is 0.0851. The molecule has 0 aliphatic rings. The van der Waals surface area contributed by atoms with E-state index in [4.69, 9.17) is 9.47 Å². The number of hydrogen-bond donors (Lipinski definition) is 2. The third-order valence-electron chi connectivity index (χ3n) is 3.00. The normalized spacial score (nSPS) is 12.4. The number of ether oxygens (including phenoxy) is 2. The minimum Gasteiger partial charge on any atom is -0.468 e. The average molecular weight is 279 g/mol. The Morgan fingerprint density at radius 3 is 2.75 bits per heavy atom. The van der Waals surface area contributed by atoms with E-state index in [1.54, 1.807) is 14.2 Å². The highest BCUT2D eigenvalue weighted by Gasteiger charge is 2.14. The summed E-state index contributed by atoms with van der Waals surface area (Å²) in [7, 11) is 3.33. The summed E-state index contributed by atoms with van der Waals surface area (Å²) in [6.07, 6.45) is 3.34. The van der Waals surface area contributed by atoms with Gasteiger partial charge in [0.2, 0.25) is 0 Å². The van der Waals surface area contributed by atoms with E-state index in [1.807, 2.05) is 6.92 Å². The van der Waals surface area contributed by atoms with Crippen LogP contribution in [0.2, 0.25) is 0 Å². The Hall–Kier alpha value is -2.05. The Kier molecular flexibility index (Phi) is 4.60. The Labute approximate surface area is 118 Å². The lowest BCUT2D eigenvalue weighted by molar-refractivity contribution is 0.191. The van der Waals surface area contributed by atoms with Crippen LogP contribution in [-0.2, 0) is 0 Å². The van der Waals surface area contributed by atoms with E-state index in [9.17, 15) is 0 Å². The lowest BCUT2D eigenvalue weighted by atomic mass is 10.2. The minimum absolute atomic E-state index is 0.0851. The number of aromatic nitrogens is 4. The number of unbranched alkanes of at least 4 members (excludes halogenated alkanes) is 1. The highest BCUT2D eigenvalue weighted by atomic mass is 16.5. The van der Waals surface area contributed by atoms with Gasteiger partial charge in [-0.1, -0.05) is 19.8 Å². The first-order chi connectivity index (χ1) is 9.67. The van der Waals surface area contributed by atoms with Gasteiger partial charge in [-0.05, 0) is 13.3 Å². The second kappa shape index (κ2) is 6.40. The quantitative estimate of drug-likeness (QED) is 0.809. The molecule has 0 saturated carbocycles. The maximum absolute atomic E-state index is 5.76. The molecule has 7 heteroatoms. The van der Waals surface area contributed by atoms with Crippen molar-refractivity contribution in [2.75, 3.05) is 19.5 Å². The van der Waals surface area contributed by atoms with E-state index in [0.29, 0.717) is 29.0 Å². The molecule has 0 fully saturated rings. The fraction of sp³-hybridized carbons (Fsp3) is 0.615. The average Bonchev–Trinajstić information content (AvgIpc) is 2.87. The smallest absolute Gasteiger partial charge is 0.320 e. The fourth-order valence-corrected chi connectivity index (χ4v) is 1.91. The van der Waals surface area contributed by atoms with Crippen LogP contribution in [0.4, 0.5) is 5.82 Å². The van der Waals surface area contributed by atoms with Crippen molar-refractivity contribution >= 4 is 17.0 Å². The van der Waals surface area contributed by atoms with Crippen molar-refractivity contribution in [1.82, 2.24) is 19.9 Å². The molecule has 0 aromatic carbocycles. The first kappa shape index (κ1) is 14.4. The van der Waals surface area contributed by atoms with Crippen molar-refractivity contribution in [3.8, 4) is 12.0 Å². The Morgan fingerprint density at radius 1 is 1.30 bits per heavy atom. The summed E-state index contributed by atoms with van der Waals surface area (Å²) in [6, 6.07) is 0.749. The number of rotatable bonds is 7. The number of aromatic amines is 1. The standard InChI is InChI=1S/C13H21N5O2/c1-5-6-7-8(2)20-13-16-10(14-3)9-11(18-13)17-12(15-9)19-4/h8H,5-7H2,1-4H3,(H2,14,15,16,17,18)/t8-/m0/s1. The molecule has 1 atom stereocenters. The zero-order chi connectivity index (χ0) is 14.5. The van der Waals surface area contributed by atoms with Crippen LogP contribution in [0, 0.1) is 0 Å². The number of H-pyrrole nitrogens is 1. The molecule has 2 aromatic rings. The van der Waals surface area contributed by atoms with Crippen LogP contribution in [0.3, 0.4) is 0 Å². The molecule has 0 saturated heterocycles. The van der Waals surface area contributed by atoms with Gasteiger partial charge in [0.15, 0.2) is 17.0 Å². The van der Waals surface area contributed by atoms with Gasteiger partial charge in [-0.3, -0.25) is 4.98 Å². The molecule has 0 aliphatic heterocycles. The molecule has 0 bridgehead atoms. The monoisotopic (exact) mass is 279 g/mol. The molecule has 2 heterocycles. The predicted molar refractivity (Wildman–Crippen MR) is 77.4 cm³/mol. The van der Waals surface area contributed by atoms with Crippen molar-refractivity contribution in [1.29, 1.82) is 0 Å². The second-order valence-electron chi connectivity index (χ2n) is 4.62. The van der Waals surface area contributed by atoms with Crippen LogP contribution >= 0.6 is 0 Å². The lowest BCUT2D eigenvalue weighted by Gasteiger charge is -2.13. The van der Waals surface area contributed by atoms with Gasteiger partial charge in [-0.25, -0.2) is 0 Å². The molecule has 0 unspecified atom stereocenters. The number of anilines is 1. The summed E-state index contributed by atoms with van der Waals surface area (Å²) in [4.78, 5) is 15.9. The summed E-state index contributed by atoms with van der Waals surface area (Å²) >= 11 is 0. The molecule has 0 spiro atoms. The zero-order valence-electron chi connectivity index (χ0n) is 12.4. The van der Waals surface area contributed by atoms with Crippen LogP contribution in [0.15, 0.2) is 0 Å². The molecule has 7 nitrogen and oxygen atoms in total. The first-order valence-electron chi connectivity index (χ1n) is 6.84. The molecule has 2 aromatic heterocycles. The molecule has 110 valence electrons. The molecule has 0 amide bonds. The molecule has 2 N–H and O–H groups in total. The molecule has 2 rings (SSSR count). The largest absolute Gasteiger partial charge is 0.468 e. The summed E-state index contributed by atoms with van der Waals surface area (Å²) in [6.45, 7) is 4.18. The predicted octanol–water partition coefficient (Wildman–Crippen LogP) is 2.36. The second-order valence-corrected chi connectivity index (χ2v) is 4.62. The summed E-state index contributed by atoms with van der Waals surface area (Å²) in [5.74, 6) is 0.618. The van der Waals surface area contributed by atoms with Crippen molar-refractivity contribution in [3.05, 3.63) is 0 Å². The highest BCUT2D eigenvalue weighted by Crippen LogP contribution is 2.23. The van der Waals surface area contributed by atoms with Crippen molar-refractivity contribution in [2.24, 2.45) is 0 Å². The van der Waals surface area contributed by atoms with E-state index in [-0.39, 0.29) is 6.10 Å². The van der Waals surface area contributed by atoms with E-state index < -0.39 is 0 Å². The number of fused-ring (bicyclic) bond motifs is 1. The SMILES string of the molecule is CCCC[C@H](C)Oc1nc(NC)c2nc(OC)[nH]c2n1. The van der Waals surface area contributed by atoms with Gasteiger partial charge >= 0.3 is 6.01 Å². The lowest BCUT2D eigenvalue weighted by Crippen LogP contribution is -2.14. The van der Waals surface area contributed by atoms with Crippen LogP contribution < -0.4 is 14.8 Å². The van der Waals surface area contributed by atoms with Crippen molar-refractivity contribution in [3.63, 3.8) is 0 Å². The van der Waals surface area contributed by atoms with E-state index in [1.165, 1.54) is 0 Å². The third-order valence-corrected chi connectivity index (χ3v) is 3.00. The van der Waals surface area contributed by atoms with E-state index in [2.05, 4.69) is 32.2 Å². The van der Waals surface area contributed by atoms with Crippen LogP contribution in [0.5, 0.6) is 12.0 Å². The number of nitrogens with zero attached hydrogens (tertiary/aromatic N) is 3. The van der Waals surface area contributed by atoms with Gasteiger partial charge in [0, 0.05) is 7.05 Å². The molecule has 20 heavy (non-hydrogen) atoms. The van der Waals surface area contributed by atoms with Gasteiger partial charge in [0.25, 0.3) is 6.01 Å². The summed E-state index contributed by atoms with van der Waals surface area (Å²) in [5.41, 5.74) is 1.23. The highest BCUT2D eigenvalue weighted by molar-refractivity contribution is 5.83. The maximum atomic E-state index is 5.76. The van der Waals surface area contributed by atoms with E-state index >= 15 is 0 Å². The van der Waals surface area contributed by atoms with Crippen LogP contribution in [0.1, 0.15) is 33.1 Å². The first-order valence-corrected chi connectivity index (χ1v) is 6.84. The summed E-state index contributed by atoms with van der Waals surface area (Å²) in [5, 5.41) is 3.00. The molecular weight excluding hydrogens is 258 g/mol. The van der Waals surface area contributed by atoms with Gasteiger partial charge in [0.05, 0.1) is 13.2 Å². The fourth-order valence-electron chi connectivity index (χ4n) is 1.91. The van der Waals surface area contributed by atoms with Gasteiger partial charge in [0.1, 0.15) is 0 Å². The topological polar surface area (TPSA) is 85.0 Å². The molecular formula is C13H21N5O2. The third kappa shape index (κ3) is 3.09. The van der Waals surface area contributed by atoms with Gasteiger partial charge < -0.3 is 14.8 Å². The Bertz CT molecular complexity index is 569. The maximum Gasteiger partial charge on any atom is 0.320 e. The van der Waals surface area contributed by atoms with E-state index in [0.717, 1.165) is 19.3 Å². The Morgan fingerprint density at radius 2 is 2.10 bits per heavy atom. The van der Waals surface area contributed by atoms with Gasteiger partial charge in [-0.15, -0.1) is 0 Å². The number of imidazole rings is 1. The Balaban J connectivity index is 2.25. The number of hydrogen-bond acceptors (Lipinski definition) is 6. The van der Waals surface area contributed by atoms with Gasteiger partial charge in [-0.2, -0.15) is 15.0 Å². The van der Waals surface area contributed by atoms with Crippen molar-refractivity contribution in [2.45, 2.75) is 39.2 Å². The van der Waals surface area contributed by atoms with Crippen LogP contribution in [0.25, 0.3) is 11.2 Å². The zero-order valence-corrected chi connectivity index (χ0v) is 12.4. The summed E-state index contributed by atoms with van der Waals surface area (Å²) < 4.78 is 10.8. The molecule has 0 radical (unpaired) electrons. The van der Waals surface area contributed by atoms with Crippen LogP contribution in [-0.4, -0.2) is 40.2 Å². The number of nitrogens with one attached hydrogen (secondary N) is 2. The number of methoxy groups -OCH3 is 1.